The first-order valence-corrected chi connectivity index (χ1v) is 6.72. The van der Waals surface area contributed by atoms with Crippen molar-refractivity contribution in [2.75, 3.05) is 20.3 Å². The summed E-state index contributed by atoms with van der Waals surface area (Å²) in [7, 11) is 1.60. The van der Waals surface area contributed by atoms with Crippen LogP contribution in [0.1, 0.15) is 18.5 Å². The number of carbonyl (C=O) groups excluding carboxylic acids is 1. The van der Waals surface area contributed by atoms with E-state index in [0.717, 1.165) is 10.2 Å². The van der Waals surface area contributed by atoms with Gasteiger partial charge in [0.05, 0.1) is 6.42 Å². The topological polar surface area (TPSA) is 48.4 Å². The van der Waals surface area contributed by atoms with Crippen LogP contribution >= 0.6 is 15.9 Å². The van der Waals surface area contributed by atoms with Gasteiger partial charge in [-0.1, -0.05) is 0 Å². The molecule has 4 nitrogen and oxygen atoms in total. The summed E-state index contributed by atoms with van der Waals surface area (Å²) in [4.78, 5) is 16.6. The molecule has 0 N–H and O–H groups in total. The van der Waals surface area contributed by atoms with Crippen LogP contribution in [0.2, 0.25) is 0 Å². The zero-order valence-electron chi connectivity index (χ0n) is 10.3. The monoisotopic (exact) mass is 313 g/mol. The number of aromatic nitrogens is 1. The molecule has 2 rings (SSSR count). The molecule has 0 aromatic carbocycles. The SMILES string of the molecule is COC1(C(=O)Cc2ccc(Br)cn2)CCOCC1. The van der Waals surface area contributed by atoms with Crippen LogP contribution in [0.15, 0.2) is 22.8 Å². The number of nitrogens with zero attached hydrogens (tertiary/aromatic N) is 1. The van der Waals surface area contributed by atoms with Crippen molar-refractivity contribution < 1.29 is 14.3 Å². The Hall–Kier alpha value is -0.780. The van der Waals surface area contributed by atoms with Crippen LogP contribution in [0.3, 0.4) is 0 Å². The van der Waals surface area contributed by atoms with E-state index >= 15 is 0 Å². The average molecular weight is 314 g/mol. The molecule has 1 aliphatic rings. The summed E-state index contributed by atoms with van der Waals surface area (Å²) in [6.07, 6.45) is 3.25. The summed E-state index contributed by atoms with van der Waals surface area (Å²) in [6.45, 7) is 1.15. The molecule has 5 heteroatoms. The van der Waals surface area contributed by atoms with Crippen molar-refractivity contribution in [3.63, 3.8) is 0 Å². The minimum Gasteiger partial charge on any atom is -0.381 e. The Labute approximate surface area is 115 Å². The molecule has 98 valence electrons. The third-order valence-electron chi connectivity index (χ3n) is 3.33. The van der Waals surface area contributed by atoms with E-state index in [-0.39, 0.29) is 5.78 Å². The minimum absolute atomic E-state index is 0.0862. The first kappa shape index (κ1) is 13.6. The lowest BCUT2D eigenvalue weighted by Gasteiger charge is -2.34. The summed E-state index contributed by atoms with van der Waals surface area (Å²) >= 11 is 3.32. The molecule has 1 saturated heterocycles. The smallest absolute Gasteiger partial charge is 0.170 e. The number of ketones is 1. The van der Waals surface area contributed by atoms with Gasteiger partial charge >= 0.3 is 0 Å². The Morgan fingerprint density at radius 1 is 1.50 bits per heavy atom. The van der Waals surface area contributed by atoms with Gasteiger partial charge in [-0.2, -0.15) is 0 Å². The molecule has 18 heavy (non-hydrogen) atoms. The third-order valence-corrected chi connectivity index (χ3v) is 3.80. The first-order valence-electron chi connectivity index (χ1n) is 5.93. The summed E-state index contributed by atoms with van der Waals surface area (Å²) in [6, 6.07) is 3.74. The first-order chi connectivity index (χ1) is 8.66. The lowest BCUT2D eigenvalue weighted by molar-refractivity contribution is -0.152. The molecule has 1 aromatic heterocycles. The van der Waals surface area contributed by atoms with E-state index in [2.05, 4.69) is 20.9 Å². The van der Waals surface area contributed by atoms with E-state index in [4.69, 9.17) is 9.47 Å². The number of methoxy groups -OCH3 is 1. The van der Waals surface area contributed by atoms with Crippen LogP contribution in [0.5, 0.6) is 0 Å². The van der Waals surface area contributed by atoms with E-state index in [1.54, 1.807) is 13.3 Å². The van der Waals surface area contributed by atoms with E-state index in [0.29, 0.717) is 32.5 Å². The highest BCUT2D eigenvalue weighted by Gasteiger charge is 2.39. The summed E-state index contributed by atoms with van der Waals surface area (Å²) < 4.78 is 11.7. The van der Waals surface area contributed by atoms with Gasteiger partial charge in [0.1, 0.15) is 5.60 Å². The number of hydrogen-bond donors (Lipinski definition) is 0. The predicted molar refractivity (Wildman–Crippen MR) is 70.4 cm³/mol. The van der Waals surface area contributed by atoms with Crippen molar-refractivity contribution in [3.05, 3.63) is 28.5 Å². The summed E-state index contributed by atoms with van der Waals surface area (Å²) in [5, 5.41) is 0. The van der Waals surface area contributed by atoms with Gasteiger partial charge in [-0.25, -0.2) is 0 Å². The maximum Gasteiger partial charge on any atom is 0.170 e. The fourth-order valence-electron chi connectivity index (χ4n) is 2.13. The molecule has 1 aromatic rings. The van der Waals surface area contributed by atoms with Gasteiger partial charge < -0.3 is 9.47 Å². The van der Waals surface area contributed by atoms with Crippen molar-refractivity contribution in [1.29, 1.82) is 0 Å². The zero-order valence-corrected chi connectivity index (χ0v) is 11.9. The van der Waals surface area contributed by atoms with E-state index in [9.17, 15) is 4.79 Å². The lowest BCUT2D eigenvalue weighted by Crippen LogP contribution is -2.46. The Kier molecular flexibility index (Phi) is 4.48. The molecule has 1 aliphatic heterocycles. The molecule has 0 radical (unpaired) electrons. The van der Waals surface area contributed by atoms with Gasteiger partial charge in [0.15, 0.2) is 5.78 Å². The third kappa shape index (κ3) is 2.96. The van der Waals surface area contributed by atoms with E-state index < -0.39 is 5.60 Å². The molecule has 0 amide bonds. The quantitative estimate of drug-likeness (QED) is 0.854. The number of pyridine rings is 1. The highest BCUT2D eigenvalue weighted by Crippen LogP contribution is 2.26. The van der Waals surface area contributed by atoms with Crippen LogP contribution in [0.4, 0.5) is 0 Å². The maximum absolute atomic E-state index is 12.4. The number of rotatable bonds is 4. The molecule has 0 aliphatic carbocycles. The standard InChI is InChI=1S/C13H16BrNO3/c1-17-13(4-6-18-7-5-13)12(16)8-11-3-2-10(14)9-15-11/h2-3,9H,4-8H2,1H3. The van der Waals surface area contributed by atoms with Crippen molar-refractivity contribution in [2.45, 2.75) is 24.9 Å². The Morgan fingerprint density at radius 3 is 2.78 bits per heavy atom. The van der Waals surface area contributed by atoms with Gasteiger partial charge in [0.2, 0.25) is 0 Å². The van der Waals surface area contributed by atoms with Crippen LogP contribution in [-0.2, 0) is 20.7 Å². The van der Waals surface area contributed by atoms with Crippen molar-refractivity contribution in [2.24, 2.45) is 0 Å². The minimum atomic E-state index is -0.687. The van der Waals surface area contributed by atoms with Crippen molar-refractivity contribution in [3.8, 4) is 0 Å². The largest absolute Gasteiger partial charge is 0.381 e. The fraction of sp³-hybridized carbons (Fsp3) is 0.538. The van der Waals surface area contributed by atoms with Crippen LogP contribution in [0.25, 0.3) is 0 Å². The molecule has 2 heterocycles. The Balaban J connectivity index is 2.07. The number of halogens is 1. The molecule has 1 fully saturated rings. The molecular formula is C13H16BrNO3. The van der Waals surface area contributed by atoms with Crippen LogP contribution < -0.4 is 0 Å². The highest BCUT2D eigenvalue weighted by atomic mass is 79.9. The van der Waals surface area contributed by atoms with Crippen LogP contribution in [-0.4, -0.2) is 36.7 Å². The normalized spacial score (nSPS) is 18.6. The van der Waals surface area contributed by atoms with Crippen molar-refractivity contribution >= 4 is 21.7 Å². The van der Waals surface area contributed by atoms with Gasteiger partial charge in [-0.15, -0.1) is 0 Å². The molecule has 0 spiro atoms. The second-order valence-electron chi connectivity index (χ2n) is 4.38. The zero-order chi connectivity index (χ0) is 13.0. The Morgan fingerprint density at radius 2 is 2.22 bits per heavy atom. The van der Waals surface area contributed by atoms with Gasteiger partial charge in [0, 0.05) is 49.5 Å². The summed E-state index contributed by atoms with van der Waals surface area (Å²) in [5.74, 6) is 0.0862. The van der Waals surface area contributed by atoms with Gasteiger partial charge in [0.25, 0.3) is 0 Å². The fourth-order valence-corrected chi connectivity index (χ4v) is 2.37. The molecule has 0 unspecified atom stereocenters. The number of ether oxygens (including phenoxy) is 2. The number of carbonyl (C=O) groups is 1. The summed E-state index contributed by atoms with van der Waals surface area (Å²) in [5.41, 5.74) is 0.0821. The van der Waals surface area contributed by atoms with E-state index in [1.165, 1.54) is 0 Å². The van der Waals surface area contributed by atoms with Crippen LogP contribution in [0, 0.1) is 0 Å². The molecule has 0 bridgehead atoms. The molecule has 0 atom stereocenters. The second kappa shape index (κ2) is 5.91. The van der Waals surface area contributed by atoms with Crippen molar-refractivity contribution in [1.82, 2.24) is 4.98 Å². The predicted octanol–water partition coefficient (Wildman–Crippen LogP) is 2.15. The average Bonchev–Trinajstić information content (AvgIpc) is 2.42. The maximum atomic E-state index is 12.4. The Bertz CT molecular complexity index is 413. The second-order valence-corrected chi connectivity index (χ2v) is 5.29. The number of Topliss-reactive ketones (excluding diaryl/α,β-unsaturated/α-hetero) is 1. The lowest BCUT2D eigenvalue weighted by atomic mass is 9.87. The molecule has 0 saturated carbocycles. The van der Waals surface area contributed by atoms with Gasteiger partial charge in [-0.05, 0) is 28.1 Å². The number of hydrogen-bond acceptors (Lipinski definition) is 4. The van der Waals surface area contributed by atoms with E-state index in [1.807, 2.05) is 12.1 Å². The van der Waals surface area contributed by atoms with Gasteiger partial charge in [-0.3, -0.25) is 9.78 Å². The highest BCUT2D eigenvalue weighted by molar-refractivity contribution is 9.10. The molecular weight excluding hydrogens is 298 g/mol.